The van der Waals surface area contributed by atoms with Crippen molar-refractivity contribution in [1.29, 1.82) is 0 Å². The average Bonchev–Trinajstić information content (AvgIpc) is 1.28. The van der Waals surface area contributed by atoms with Crippen LogP contribution < -0.4 is 52.4 Å². The van der Waals surface area contributed by atoms with Crippen molar-refractivity contribution in [1.82, 2.24) is 14.1 Å². The van der Waals surface area contributed by atoms with Crippen LogP contribution in [0.2, 0.25) is 0 Å². The molecule has 19 rings (SSSR count). The SMILES string of the molecule is c1ccc(-c2nc3cccc4c3n2-c2cc(N(c3ccccc3)c3ccccc3)cc3c2B4c2cc4c(cc2N3c2ccccc2)N(c2ccccc2)c2cc(N(c3ccccc3)c3ccccc3)cc3c2B4c2cccc4c5ccccc5n-3c24)cc1. The minimum absolute atomic E-state index is 0.143. The topological polar surface area (TPSA) is 35.7 Å². The van der Waals surface area contributed by atoms with E-state index in [1.807, 2.05) is 0 Å². The van der Waals surface area contributed by atoms with Gasteiger partial charge in [-0.1, -0.05) is 194 Å². The van der Waals surface area contributed by atoms with Crippen molar-refractivity contribution in [2.45, 2.75) is 0 Å². The Kier molecular flexibility index (Phi) is 10.5. The second-order valence-electron chi connectivity index (χ2n) is 23.4. The zero-order valence-corrected chi connectivity index (χ0v) is 47.7. The van der Waals surface area contributed by atoms with Crippen LogP contribution >= 0.6 is 0 Å². The van der Waals surface area contributed by atoms with Gasteiger partial charge in [0.2, 0.25) is 0 Å². The van der Waals surface area contributed by atoms with Crippen molar-refractivity contribution < 1.29 is 0 Å². The first kappa shape index (κ1) is 48.8. The van der Waals surface area contributed by atoms with Crippen LogP contribution in [0, 0.1) is 0 Å². The molecule has 9 heteroatoms. The van der Waals surface area contributed by atoms with Gasteiger partial charge < -0.3 is 24.2 Å². The normalized spacial score (nSPS) is 12.9. The van der Waals surface area contributed by atoms with Gasteiger partial charge in [-0.15, -0.1) is 0 Å². The lowest BCUT2D eigenvalue weighted by molar-refractivity contribution is 1.10. The molecule has 0 radical (unpaired) electrons. The summed E-state index contributed by atoms with van der Waals surface area (Å²) in [6.07, 6.45) is 0. The molecule has 0 fully saturated rings. The maximum atomic E-state index is 5.62. The molecule has 0 amide bonds. The van der Waals surface area contributed by atoms with Gasteiger partial charge in [-0.3, -0.25) is 4.57 Å². The van der Waals surface area contributed by atoms with Gasteiger partial charge in [0.25, 0.3) is 13.4 Å². The largest absolute Gasteiger partial charge is 0.311 e. The molecule has 0 saturated heterocycles. The summed E-state index contributed by atoms with van der Waals surface area (Å²) >= 11 is 0. The van der Waals surface area contributed by atoms with E-state index in [1.165, 1.54) is 60.3 Å². The number of rotatable bonds is 9. The molecule has 13 aromatic carbocycles. The van der Waals surface area contributed by atoms with Gasteiger partial charge in [0.05, 0.1) is 27.9 Å². The van der Waals surface area contributed by atoms with Crippen molar-refractivity contribution in [3.05, 3.63) is 309 Å². The maximum absolute atomic E-state index is 5.62. The lowest BCUT2D eigenvalue weighted by Gasteiger charge is -2.45. The van der Waals surface area contributed by atoms with Crippen LogP contribution in [0.1, 0.15) is 0 Å². The van der Waals surface area contributed by atoms with Gasteiger partial charge in [0.1, 0.15) is 5.82 Å². The molecule has 0 bridgehead atoms. The molecule has 4 aliphatic rings. The Balaban J connectivity index is 0.957. The molecular formula is C79H51B2N7. The number of aromatic nitrogens is 3. The smallest absolute Gasteiger partial charge is 0.252 e. The van der Waals surface area contributed by atoms with Crippen LogP contribution in [0.15, 0.2) is 309 Å². The maximum Gasteiger partial charge on any atom is 0.252 e. The summed E-state index contributed by atoms with van der Waals surface area (Å²) in [5, 5.41) is 2.50. The van der Waals surface area contributed by atoms with Crippen molar-refractivity contribution in [2.75, 3.05) is 19.6 Å². The molecule has 7 nitrogen and oxygen atoms in total. The highest BCUT2D eigenvalue weighted by molar-refractivity contribution is 7.03. The van der Waals surface area contributed by atoms with Gasteiger partial charge in [0, 0.05) is 90.1 Å². The molecule has 15 aromatic rings. The zero-order valence-electron chi connectivity index (χ0n) is 47.7. The molecule has 0 spiro atoms. The van der Waals surface area contributed by atoms with E-state index in [1.54, 1.807) is 0 Å². The minimum atomic E-state index is -0.178. The molecule has 0 saturated carbocycles. The predicted octanol–water partition coefficient (Wildman–Crippen LogP) is 16.0. The summed E-state index contributed by atoms with van der Waals surface area (Å²) in [5.74, 6) is 0.917. The van der Waals surface area contributed by atoms with Crippen LogP contribution in [-0.4, -0.2) is 27.5 Å². The first-order valence-electron chi connectivity index (χ1n) is 30.4. The van der Waals surface area contributed by atoms with Crippen LogP contribution in [0.4, 0.5) is 68.2 Å². The zero-order chi connectivity index (χ0) is 57.6. The fourth-order valence-electron chi connectivity index (χ4n) is 15.3. The summed E-state index contributed by atoms with van der Waals surface area (Å²) in [5.41, 5.74) is 28.6. The number of fused-ring (bicyclic) bond motifs is 11. The molecule has 4 aliphatic heterocycles. The number of anilines is 12. The molecule has 0 aliphatic carbocycles. The Morgan fingerprint density at radius 1 is 0.284 bits per heavy atom. The molecule has 0 N–H and O–H groups in total. The number of para-hydroxylation sites is 9. The van der Waals surface area contributed by atoms with Crippen molar-refractivity contribution in [2.24, 2.45) is 0 Å². The lowest BCUT2D eigenvalue weighted by atomic mass is 9.30. The van der Waals surface area contributed by atoms with Crippen molar-refractivity contribution in [3.8, 4) is 22.8 Å². The third-order valence-electron chi connectivity index (χ3n) is 18.8. The van der Waals surface area contributed by atoms with E-state index >= 15 is 0 Å². The molecule has 88 heavy (non-hydrogen) atoms. The van der Waals surface area contributed by atoms with Gasteiger partial charge >= 0.3 is 0 Å². The van der Waals surface area contributed by atoms with E-state index in [4.69, 9.17) is 4.98 Å². The van der Waals surface area contributed by atoms with E-state index in [2.05, 4.69) is 338 Å². The first-order chi connectivity index (χ1) is 43.7. The summed E-state index contributed by atoms with van der Waals surface area (Å²) in [7, 11) is 0. The predicted molar refractivity (Wildman–Crippen MR) is 369 cm³/mol. The molecule has 0 atom stereocenters. The molecule has 2 aromatic heterocycles. The number of hydrogen-bond acceptors (Lipinski definition) is 5. The summed E-state index contributed by atoms with van der Waals surface area (Å²) in [6, 6.07) is 114. The van der Waals surface area contributed by atoms with Gasteiger partial charge in [-0.2, -0.15) is 0 Å². The Bertz CT molecular complexity index is 5210. The minimum Gasteiger partial charge on any atom is -0.311 e. The van der Waals surface area contributed by atoms with Crippen molar-refractivity contribution >= 4 is 147 Å². The third-order valence-corrected chi connectivity index (χ3v) is 18.8. The van der Waals surface area contributed by atoms with E-state index < -0.39 is 0 Å². The lowest BCUT2D eigenvalue weighted by Crippen LogP contribution is -2.64. The van der Waals surface area contributed by atoms with Crippen LogP contribution in [-0.2, 0) is 0 Å². The van der Waals surface area contributed by atoms with Crippen LogP contribution in [0.5, 0.6) is 0 Å². The number of hydrogen-bond donors (Lipinski definition) is 0. The Morgan fingerprint density at radius 2 is 0.693 bits per heavy atom. The number of nitrogens with zero attached hydrogens (tertiary/aromatic N) is 7. The molecule has 0 unspecified atom stereocenters. The standard InChI is InChI=1S/C79H51B2N7/c1-8-26-52(27-9-1)79-82-67-44-25-43-64-78(67)88(79)74-49-60(84(55-32-14-4-15-33-55)56-34-16-5-17-35-56)47-72-76(74)81(64)66-50-65-69(51-70(66)86(72)58-38-20-7-21-39-58)85(57-36-18-6-19-37-57)71-46-59(83(53-28-10-2-11-29-53)54-30-12-3-13-31-54)48-73-75(71)80(65)63-42-24-41-62-61-40-22-23-45-68(61)87(73)77(62)63/h1-51H. The van der Waals surface area contributed by atoms with E-state index in [-0.39, 0.29) is 13.4 Å². The fraction of sp³-hybridized carbons (Fsp3) is 0. The van der Waals surface area contributed by atoms with E-state index in [9.17, 15) is 0 Å². The highest BCUT2D eigenvalue weighted by atomic mass is 15.2. The fourth-order valence-corrected chi connectivity index (χ4v) is 15.3. The monoisotopic (exact) mass is 1120 g/mol. The van der Waals surface area contributed by atoms with Crippen LogP contribution in [0.3, 0.4) is 0 Å². The Labute approximate surface area is 510 Å². The number of imidazole rings is 1. The number of benzene rings is 13. The second-order valence-corrected chi connectivity index (χ2v) is 23.4. The second kappa shape index (κ2) is 19.0. The Morgan fingerprint density at radius 3 is 1.20 bits per heavy atom. The van der Waals surface area contributed by atoms with Gasteiger partial charge in [-0.05, 0) is 148 Å². The van der Waals surface area contributed by atoms with Crippen molar-refractivity contribution in [3.63, 3.8) is 0 Å². The van der Waals surface area contributed by atoms with Crippen LogP contribution in [0.25, 0.3) is 55.6 Å². The summed E-state index contributed by atoms with van der Waals surface area (Å²) in [6.45, 7) is -0.322. The highest BCUT2D eigenvalue weighted by Gasteiger charge is 2.48. The third kappa shape index (κ3) is 7.01. The van der Waals surface area contributed by atoms with E-state index in [0.717, 1.165) is 96.4 Å². The highest BCUT2D eigenvalue weighted by Crippen LogP contribution is 2.50. The Hall–Kier alpha value is -11.5. The van der Waals surface area contributed by atoms with E-state index in [0.29, 0.717) is 0 Å². The van der Waals surface area contributed by atoms with Gasteiger partial charge in [0.15, 0.2) is 0 Å². The first-order valence-corrected chi connectivity index (χ1v) is 30.4. The van der Waals surface area contributed by atoms with Gasteiger partial charge in [-0.25, -0.2) is 4.98 Å². The molecule has 6 heterocycles. The average molecular weight is 1120 g/mol. The molecular weight excluding hydrogens is 1070 g/mol. The molecule has 408 valence electrons. The quantitative estimate of drug-likeness (QED) is 0.135. The summed E-state index contributed by atoms with van der Waals surface area (Å²) < 4.78 is 5.06. The summed E-state index contributed by atoms with van der Waals surface area (Å²) in [4.78, 5) is 15.6.